The van der Waals surface area contributed by atoms with Gasteiger partial charge in [-0.05, 0) is 70.2 Å². The Morgan fingerprint density at radius 2 is 1.34 bits per heavy atom. The molecule has 4 nitrogen and oxygen atoms in total. The highest BCUT2D eigenvalue weighted by Crippen LogP contribution is 2.51. The third kappa shape index (κ3) is 4.06. The molecule has 41 heavy (non-hydrogen) atoms. The largest absolute Gasteiger partial charge is 0.390 e. The van der Waals surface area contributed by atoms with Crippen LogP contribution in [-0.2, 0) is 23.8 Å². The summed E-state index contributed by atoms with van der Waals surface area (Å²) in [7, 11) is 0. The third-order valence-corrected chi connectivity index (χ3v) is 10.1. The van der Waals surface area contributed by atoms with Crippen LogP contribution in [0.15, 0.2) is 66.9 Å². The van der Waals surface area contributed by atoms with Crippen LogP contribution in [0.4, 0.5) is 0 Å². The van der Waals surface area contributed by atoms with Crippen molar-refractivity contribution in [3.63, 3.8) is 0 Å². The van der Waals surface area contributed by atoms with E-state index in [0.29, 0.717) is 12.8 Å². The summed E-state index contributed by atoms with van der Waals surface area (Å²) >= 11 is 0. The second-order valence-corrected chi connectivity index (χ2v) is 14.0. The minimum absolute atomic E-state index is 0.0664. The van der Waals surface area contributed by atoms with E-state index in [2.05, 4.69) is 104 Å². The Kier molecular flexibility index (Phi) is 6.23. The van der Waals surface area contributed by atoms with Crippen LogP contribution in [0.3, 0.4) is 0 Å². The van der Waals surface area contributed by atoms with Crippen LogP contribution in [0.5, 0.6) is 0 Å². The first-order valence-electron chi connectivity index (χ1n) is 15.2. The van der Waals surface area contributed by atoms with Gasteiger partial charge in [-0.3, -0.25) is 0 Å². The van der Waals surface area contributed by atoms with Crippen LogP contribution in [-0.4, -0.2) is 25.8 Å². The van der Waals surface area contributed by atoms with Crippen LogP contribution in [0.1, 0.15) is 84.9 Å². The molecule has 5 aromatic rings. The normalized spacial score (nSPS) is 21.0. The quantitative estimate of drug-likeness (QED) is 0.162. The number of benzene rings is 3. The highest BCUT2D eigenvalue weighted by atomic mass is 16.3. The van der Waals surface area contributed by atoms with Crippen molar-refractivity contribution < 1.29 is 14.8 Å². The summed E-state index contributed by atoms with van der Waals surface area (Å²) in [4.78, 5) is 0. The number of nitrogens with zero attached hydrogens (tertiary/aromatic N) is 2. The Hall–Kier alpha value is -3.21. The van der Waals surface area contributed by atoms with Crippen LogP contribution in [0.2, 0.25) is 0 Å². The van der Waals surface area contributed by atoms with Crippen molar-refractivity contribution in [2.24, 2.45) is 0 Å². The van der Waals surface area contributed by atoms with Gasteiger partial charge in [-0.1, -0.05) is 75.4 Å². The van der Waals surface area contributed by atoms with Crippen molar-refractivity contribution in [3.05, 3.63) is 83.6 Å². The highest BCUT2D eigenvalue weighted by Gasteiger charge is 2.54. The molecule has 1 aliphatic heterocycles. The van der Waals surface area contributed by atoms with E-state index >= 15 is 0 Å². The van der Waals surface area contributed by atoms with Crippen LogP contribution >= 0.6 is 0 Å². The van der Waals surface area contributed by atoms with Gasteiger partial charge < -0.3 is 10.2 Å². The summed E-state index contributed by atoms with van der Waals surface area (Å²) in [6, 6.07) is 22.0. The Morgan fingerprint density at radius 3 is 1.93 bits per heavy atom. The first kappa shape index (κ1) is 27.9. The molecule has 1 aliphatic rings. The number of fused-ring (bicyclic) bond motifs is 3. The number of hydrogen-bond acceptors (Lipinski definition) is 2. The maximum Gasteiger partial charge on any atom is 0.296 e. The van der Waals surface area contributed by atoms with Crippen molar-refractivity contribution in [2.45, 2.75) is 103 Å². The van der Waals surface area contributed by atoms with E-state index in [-0.39, 0.29) is 11.0 Å². The summed E-state index contributed by atoms with van der Waals surface area (Å²) in [6.45, 7) is 17.0. The lowest BCUT2D eigenvalue weighted by atomic mass is 9.62. The summed E-state index contributed by atoms with van der Waals surface area (Å²) in [5.41, 5.74) is 6.28. The molecule has 0 amide bonds. The maximum atomic E-state index is 11.0. The second kappa shape index (κ2) is 9.14. The number of aliphatic hydroxyl groups is 2. The van der Waals surface area contributed by atoms with E-state index in [1.54, 1.807) is 0 Å². The molecular formula is C37H45N2O2+. The van der Waals surface area contributed by atoms with E-state index in [4.69, 9.17) is 0 Å². The van der Waals surface area contributed by atoms with Gasteiger partial charge in [-0.15, -0.1) is 0 Å². The molecule has 6 rings (SSSR count). The molecule has 214 valence electrons. The third-order valence-electron chi connectivity index (χ3n) is 10.1. The van der Waals surface area contributed by atoms with Gasteiger partial charge in [0.2, 0.25) is 0 Å². The molecule has 0 fully saturated rings. The molecular weight excluding hydrogens is 504 g/mol. The second-order valence-electron chi connectivity index (χ2n) is 14.0. The zero-order chi connectivity index (χ0) is 29.5. The molecule has 3 heterocycles. The lowest BCUT2D eigenvalue weighted by Gasteiger charge is -2.46. The number of rotatable bonds is 7. The average Bonchev–Trinajstić information content (AvgIpc) is 3.31. The summed E-state index contributed by atoms with van der Waals surface area (Å²) in [5.74, 6) is 0. The zero-order valence-corrected chi connectivity index (χ0v) is 26.0. The molecule has 2 aromatic heterocycles. The van der Waals surface area contributed by atoms with E-state index < -0.39 is 11.2 Å². The minimum Gasteiger partial charge on any atom is -0.390 e. The smallest absolute Gasteiger partial charge is 0.296 e. The standard InChI is InChI=1S/C37H45N2O2/c1-9-36(7)28-19-14-18-27-26-17-11-12-20-29(26)39-30(23-38(33(39)32(27)28)37(36,8)10-2)31-24(21-34(3,4)40)15-13-16-25(31)22-35(5,6)41/h11-20,23,40-41H,9-10,21-22H2,1-8H3/q+1. The van der Waals surface area contributed by atoms with Gasteiger partial charge in [-0.25, -0.2) is 4.57 Å². The summed E-state index contributed by atoms with van der Waals surface area (Å²) < 4.78 is 5.05. The molecule has 2 unspecified atom stereocenters. The molecule has 0 radical (unpaired) electrons. The predicted molar refractivity (Wildman–Crippen MR) is 170 cm³/mol. The van der Waals surface area contributed by atoms with Crippen molar-refractivity contribution >= 4 is 27.3 Å². The van der Waals surface area contributed by atoms with Gasteiger partial charge in [-0.2, -0.15) is 4.40 Å². The predicted octanol–water partition coefficient (Wildman–Crippen LogP) is 7.63. The molecule has 0 saturated carbocycles. The van der Waals surface area contributed by atoms with Crippen molar-refractivity contribution in [3.8, 4) is 11.3 Å². The van der Waals surface area contributed by atoms with Crippen molar-refractivity contribution in [1.82, 2.24) is 4.40 Å². The van der Waals surface area contributed by atoms with Gasteiger partial charge in [0.1, 0.15) is 17.3 Å². The number of aromatic nitrogens is 2. The Balaban J connectivity index is 1.87. The lowest BCUT2D eigenvalue weighted by Crippen LogP contribution is -2.65. The number of pyridine rings is 1. The van der Waals surface area contributed by atoms with E-state index in [9.17, 15) is 10.2 Å². The van der Waals surface area contributed by atoms with E-state index in [1.165, 1.54) is 32.9 Å². The summed E-state index contributed by atoms with van der Waals surface area (Å²) in [6.07, 6.45) is 5.44. The van der Waals surface area contributed by atoms with Gasteiger partial charge in [0, 0.05) is 34.6 Å². The SMILES string of the molecule is CCC1(C)c2cccc3c4ccccc4n4c(-c5c(CC(C)(C)O)cccc5CC(C)(C)O)c[n+](c4c23)C1(C)CC. The lowest BCUT2D eigenvalue weighted by molar-refractivity contribution is -0.750. The first-order chi connectivity index (χ1) is 19.2. The zero-order valence-electron chi connectivity index (χ0n) is 26.0. The Morgan fingerprint density at radius 1 is 0.756 bits per heavy atom. The maximum absolute atomic E-state index is 11.0. The number of hydrogen-bond donors (Lipinski definition) is 2. The van der Waals surface area contributed by atoms with Crippen LogP contribution in [0, 0.1) is 0 Å². The molecule has 3 aromatic carbocycles. The van der Waals surface area contributed by atoms with Crippen LogP contribution in [0.25, 0.3) is 38.6 Å². The Bertz CT molecular complexity index is 1780. The highest BCUT2D eigenvalue weighted by molar-refractivity contribution is 6.13. The van der Waals surface area contributed by atoms with Gasteiger partial charge in [0.05, 0.1) is 16.6 Å². The molecule has 4 heteroatoms. The molecule has 0 saturated heterocycles. The number of para-hydroxylation sites is 1. The fourth-order valence-electron chi connectivity index (χ4n) is 7.76. The molecule has 0 bridgehead atoms. The van der Waals surface area contributed by atoms with E-state index in [1.807, 2.05) is 27.7 Å². The van der Waals surface area contributed by atoms with Gasteiger partial charge in [0.15, 0.2) is 5.69 Å². The molecule has 2 N–H and O–H groups in total. The molecule has 2 atom stereocenters. The van der Waals surface area contributed by atoms with Crippen molar-refractivity contribution in [1.29, 1.82) is 0 Å². The van der Waals surface area contributed by atoms with Gasteiger partial charge in [0.25, 0.3) is 5.65 Å². The fourth-order valence-corrected chi connectivity index (χ4v) is 7.76. The van der Waals surface area contributed by atoms with Crippen molar-refractivity contribution in [2.75, 3.05) is 0 Å². The Labute approximate surface area is 244 Å². The first-order valence-corrected chi connectivity index (χ1v) is 15.2. The molecule has 0 spiro atoms. The topological polar surface area (TPSA) is 48.8 Å². The van der Waals surface area contributed by atoms with Crippen LogP contribution < -0.4 is 4.57 Å². The number of imidazole rings is 1. The minimum atomic E-state index is -0.875. The average molecular weight is 550 g/mol. The molecule has 0 aliphatic carbocycles. The summed E-state index contributed by atoms with van der Waals surface area (Å²) in [5, 5.41) is 25.9. The van der Waals surface area contributed by atoms with Gasteiger partial charge >= 0.3 is 0 Å². The fraction of sp³-hybridized carbons (Fsp3) is 0.432. The monoisotopic (exact) mass is 549 g/mol. The van der Waals surface area contributed by atoms with E-state index in [0.717, 1.165) is 35.2 Å².